The van der Waals surface area contributed by atoms with Gasteiger partial charge in [-0.1, -0.05) is 23.8 Å². The van der Waals surface area contributed by atoms with Gasteiger partial charge < -0.3 is 10.1 Å². The van der Waals surface area contributed by atoms with Crippen LogP contribution < -0.4 is 10.1 Å². The molecule has 0 bridgehead atoms. The summed E-state index contributed by atoms with van der Waals surface area (Å²) in [7, 11) is 1.90. The molecule has 0 aliphatic carbocycles. The van der Waals surface area contributed by atoms with Gasteiger partial charge in [-0.3, -0.25) is 0 Å². The van der Waals surface area contributed by atoms with E-state index in [1.165, 1.54) is 5.56 Å². The second-order valence-corrected chi connectivity index (χ2v) is 5.76. The average molecular weight is 285 g/mol. The molecule has 1 N–H and O–H groups in total. The molecule has 0 aromatic heterocycles. The monoisotopic (exact) mass is 285 g/mol. The van der Waals surface area contributed by atoms with Crippen molar-refractivity contribution in [2.45, 2.75) is 26.4 Å². The Bertz CT molecular complexity index is 681. The summed E-state index contributed by atoms with van der Waals surface area (Å²) < 4.78 is 20.0. The molecule has 21 heavy (non-hydrogen) atoms. The summed E-state index contributed by atoms with van der Waals surface area (Å²) in [6.45, 7) is 4.86. The van der Waals surface area contributed by atoms with Crippen molar-refractivity contribution in [3.63, 3.8) is 0 Å². The lowest BCUT2D eigenvalue weighted by molar-refractivity contribution is 0.232. The number of fused-ring (bicyclic) bond motifs is 1. The van der Waals surface area contributed by atoms with Crippen molar-refractivity contribution in [1.29, 1.82) is 0 Å². The van der Waals surface area contributed by atoms with Crippen LogP contribution in [0.3, 0.4) is 0 Å². The minimum absolute atomic E-state index is 0.0793. The van der Waals surface area contributed by atoms with Crippen molar-refractivity contribution in [3.8, 4) is 16.9 Å². The van der Waals surface area contributed by atoms with Gasteiger partial charge in [-0.05, 0) is 44.2 Å². The van der Waals surface area contributed by atoms with E-state index in [0.717, 1.165) is 41.0 Å². The fraction of sp³-hybridized carbons (Fsp3) is 0.333. The third-order valence-corrected chi connectivity index (χ3v) is 3.98. The van der Waals surface area contributed by atoms with Crippen molar-refractivity contribution in [2.24, 2.45) is 0 Å². The molecular weight excluding hydrogens is 265 g/mol. The minimum Gasteiger partial charge on any atom is -0.488 e. The third-order valence-electron chi connectivity index (χ3n) is 3.98. The summed E-state index contributed by atoms with van der Waals surface area (Å²) in [5, 5.41) is 3.12. The molecule has 1 heterocycles. The van der Waals surface area contributed by atoms with Crippen LogP contribution in [0.5, 0.6) is 5.75 Å². The predicted molar refractivity (Wildman–Crippen MR) is 83.4 cm³/mol. The van der Waals surface area contributed by atoms with Crippen LogP contribution in [-0.2, 0) is 6.42 Å². The minimum atomic E-state index is -0.196. The Morgan fingerprint density at radius 3 is 2.76 bits per heavy atom. The number of likely N-dealkylation sites (N-methyl/N-ethyl adjacent to an activating group) is 1. The summed E-state index contributed by atoms with van der Waals surface area (Å²) in [5.74, 6) is 0.642. The first-order valence-electron chi connectivity index (χ1n) is 7.30. The Labute approximate surface area is 125 Å². The number of aryl methyl sites for hydroxylation is 2. The maximum Gasteiger partial charge on any atom is 0.131 e. The van der Waals surface area contributed by atoms with E-state index in [1.807, 2.05) is 20.9 Å². The fourth-order valence-corrected chi connectivity index (χ4v) is 2.96. The smallest absolute Gasteiger partial charge is 0.131 e. The van der Waals surface area contributed by atoms with Gasteiger partial charge in [-0.2, -0.15) is 0 Å². The topological polar surface area (TPSA) is 21.3 Å². The van der Waals surface area contributed by atoms with Crippen molar-refractivity contribution in [1.82, 2.24) is 5.32 Å². The Hall–Kier alpha value is -1.87. The van der Waals surface area contributed by atoms with Crippen molar-refractivity contribution < 1.29 is 9.13 Å². The van der Waals surface area contributed by atoms with E-state index < -0.39 is 0 Å². The van der Waals surface area contributed by atoms with Crippen molar-refractivity contribution >= 4 is 0 Å². The molecule has 1 atom stereocenters. The fourth-order valence-electron chi connectivity index (χ4n) is 2.96. The molecule has 3 rings (SSSR count). The van der Waals surface area contributed by atoms with Gasteiger partial charge in [0, 0.05) is 24.1 Å². The molecule has 0 saturated carbocycles. The van der Waals surface area contributed by atoms with Gasteiger partial charge in [0.1, 0.15) is 17.7 Å². The normalized spacial score (nSPS) is 16.7. The van der Waals surface area contributed by atoms with Crippen LogP contribution in [0, 0.1) is 19.7 Å². The molecule has 0 saturated heterocycles. The Balaban J connectivity index is 2.11. The van der Waals surface area contributed by atoms with E-state index in [9.17, 15) is 4.39 Å². The average Bonchev–Trinajstić information content (AvgIpc) is 2.83. The van der Waals surface area contributed by atoms with Crippen molar-refractivity contribution in [3.05, 3.63) is 52.8 Å². The quantitative estimate of drug-likeness (QED) is 0.929. The van der Waals surface area contributed by atoms with Crippen LogP contribution in [0.1, 0.15) is 16.7 Å². The first-order chi connectivity index (χ1) is 10.1. The zero-order chi connectivity index (χ0) is 15.0. The van der Waals surface area contributed by atoms with Crippen molar-refractivity contribution in [2.75, 3.05) is 13.6 Å². The first-order valence-corrected chi connectivity index (χ1v) is 7.30. The van der Waals surface area contributed by atoms with Gasteiger partial charge in [-0.15, -0.1) is 0 Å². The molecule has 1 aliphatic rings. The molecule has 2 aromatic rings. The molecule has 1 unspecified atom stereocenters. The van der Waals surface area contributed by atoms with Gasteiger partial charge in [0.05, 0.1) is 0 Å². The number of rotatable bonds is 3. The molecule has 0 fully saturated rings. The number of halogens is 1. The van der Waals surface area contributed by atoms with E-state index in [1.54, 1.807) is 12.1 Å². The lowest BCUT2D eigenvalue weighted by atomic mass is 9.95. The molecule has 110 valence electrons. The molecule has 2 nitrogen and oxygen atoms in total. The van der Waals surface area contributed by atoms with E-state index in [2.05, 4.69) is 23.5 Å². The molecule has 0 spiro atoms. The highest BCUT2D eigenvalue weighted by Crippen LogP contribution is 2.40. The zero-order valence-electron chi connectivity index (χ0n) is 12.7. The van der Waals surface area contributed by atoms with Crippen LogP contribution in [0.25, 0.3) is 11.1 Å². The summed E-state index contributed by atoms with van der Waals surface area (Å²) in [6, 6.07) is 9.42. The van der Waals surface area contributed by atoms with Gasteiger partial charge in [-0.25, -0.2) is 4.39 Å². The van der Waals surface area contributed by atoms with Crippen LogP contribution in [0.4, 0.5) is 4.39 Å². The predicted octanol–water partition coefficient (Wildman–Crippen LogP) is 3.63. The highest BCUT2D eigenvalue weighted by atomic mass is 19.1. The maximum atomic E-state index is 14.0. The number of benzene rings is 2. The maximum absolute atomic E-state index is 14.0. The van der Waals surface area contributed by atoms with Crippen LogP contribution in [0.15, 0.2) is 30.3 Å². The second kappa shape index (κ2) is 5.49. The lowest BCUT2D eigenvalue weighted by Crippen LogP contribution is -2.27. The first kappa shape index (κ1) is 14.1. The second-order valence-electron chi connectivity index (χ2n) is 5.76. The largest absolute Gasteiger partial charge is 0.488 e. The molecule has 1 aliphatic heterocycles. The van der Waals surface area contributed by atoms with Crippen LogP contribution in [0.2, 0.25) is 0 Å². The number of hydrogen-bond donors (Lipinski definition) is 1. The van der Waals surface area contributed by atoms with Gasteiger partial charge in [0.15, 0.2) is 0 Å². The highest BCUT2D eigenvalue weighted by Gasteiger charge is 2.26. The van der Waals surface area contributed by atoms with E-state index >= 15 is 0 Å². The highest BCUT2D eigenvalue weighted by molar-refractivity contribution is 5.76. The summed E-state index contributed by atoms with van der Waals surface area (Å²) >= 11 is 0. The van der Waals surface area contributed by atoms with E-state index in [4.69, 9.17) is 4.74 Å². The van der Waals surface area contributed by atoms with Crippen LogP contribution >= 0.6 is 0 Å². The number of hydrogen-bond acceptors (Lipinski definition) is 2. The molecule has 0 amide bonds. The van der Waals surface area contributed by atoms with Gasteiger partial charge >= 0.3 is 0 Å². The number of ether oxygens (including phenoxy) is 1. The molecule has 3 heteroatoms. The van der Waals surface area contributed by atoms with E-state index in [-0.39, 0.29) is 11.9 Å². The van der Waals surface area contributed by atoms with Crippen LogP contribution in [-0.4, -0.2) is 19.7 Å². The lowest BCUT2D eigenvalue weighted by Gasteiger charge is -2.14. The summed E-state index contributed by atoms with van der Waals surface area (Å²) in [6.07, 6.45) is 0.835. The van der Waals surface area contributed by atoms with E-state index in [0.29, 0.717) is 0 Å². The standard InChI is InChI=1S/C18H20FNO/c1-11-4-5-12(2)16(6-11)17-9-14(19)7-13-8-15(10-20-3)21-18(13)17/h4-7,9,15,20H,8,10H2,1-3H3. The summed E-state index contributed by atoms with van der Waals surface area (Å²) in [5.41, 5.74) is 5.18. The molecular formula is C18H20FNO. The third kappa shape index (κ3) is 2.66. The molecule has 2 aromatic carbocycles. The Morgan fingerprint density at radius 2 is 2.00 bits per heavy atom. The Morgan fingerprint density at radius 1 is 1.19 bits per heavy atom. The SMILES string of the molecule is CNCC1Cc2cc(F)cc(-c3cc(C)ccc3C)c2O1. The van der Waals surface area contributed by atoms with Gasteiger partial charge in [0.25, 0.3) is 0 Å². The summed E-state index contributed by atoms with van der Waals surface area (Å²) in [4.78, 5) is 0. The van der Waals surface area contributed by atoms with Gasteiger partial charge in [0.2, 0.25) is 0 Å². The number of nitrogens with one attached hydrogen (secondary N) is 1. The Kier molecular flexibility index (Phi) is 3.68. The zero-order valence-corrected chi connectivity index (χ0v) is 12.7. The molecule has 0 radical (unpaired) electrons.